The molecule has 2 heteroatoms. The fraction of sp³-hybridized carbons (Fsp3) is 0.364. The topological polar surface area (TPSA) is 26.3 Å². The van der Waals surface area contributed by atoms with Gasteiger partial charge in [-0.15, -0.1) is 0 Å². The Morgan fingerprint density at radius 1 is 1.15 bits per heavy atom. The number of carbonyl (C=O) groups excluding carboxylic acids is 1. The van der Waals surface area contributed by atoms with Crippen LogP contribution in [-0.2, 0) is 9.53 Å². The van der Waals surface area contributed by atoms with Gasteiger partial charge in [0, 0.05) is 11.8 Å². The number of hydrogen-bond donors (Lipinski definition) is 0. The van der Waals surface area contributed by atoms with E-state index in [4.69, 9.17) is 4.74 Å². The van der Waals surface area contributed by atoms with Crippen LogP contribution in [0, 0.1) is 11.8 Å². The van der Waals surface area contributed by atoms with Crippen LogP contribution < -0.4 is 0 Å². The standard InChI is InChI=1S/C11H10O2/c12-11-10-8(6-13-11)9(10)7-4-2-1-3-5-7/h1-5,8-10H,6H2. The highest BCUT2D eigenvalue weighted by Gasteiger charge is 2.60. The molecule has 0 aromatic heterocycles. The summed E-state index contributed by atoms with van der Waals surface area (Å²) in [5, 5.41) is 0. The average Bonchev–Trinajstić information content (AvgIpc) is 2.80. The highest BCUT2D eigenvalue weighted by atomic mass is 16.5. The van der Waals surface area contributed by atoms with Crippen LogP contribution in [0.1, 0.15) is 11.5 Å². The van der Waals surface area contributed by atoms with Crippen LogP contribution in [0.25, 0.3) is 0 Å². The number of hydrogen-bond acceptors (Lipinski definition) is 2. The van der Waals surface area contributed by atoms with E-state index in [9.17, 15) is 4.79 Å². The Morgan fingerprint density at radius 2 is 1.92 bits per heavy atom. The quantitative estimate of drug-likeness (QED) is 0.604. The van der Waals surface area contributed by atoms with Gasteiger partial charge in [-0.05, 0) is 5.56 Å². The molecule has 3 rings (SSSR count). The number of cyclic esters (lactones) is 1. The monoisotopic (exact) mass is 174 g/mol. The van der Waals surface area contributed by atoms with Crippen LogP contribution in [0.3, 0.4) is 0 Å². The lowest BCUT2D eigenvalue weighted by Gasteiger charge is -2.03. The Hall–Kier alpha value is -1.31. The van der Waals surface area contributed by atoms with Gasteiger partial charge in [0.15, 0.2) is 0 Å². The molecule has 1 aliphatic carbocycles. The molecule has 66 valence electrons. The van der Waals surface area contributed by atoms with Crippen LogP contribution in [-0.4, -0.2) is 12.6 Å². The lowest BCUT2D eigenvalue weighted by atomic mass is 10.1. The van der Waals surface area contributed by atoms with Gasteiger partial charge in [0.25, 0.3) is 0 Å². The minimum Gasteiger partial charge on any atom is -0.465 e. The van der Waals surface area contributed by atoms with Gasteiger partial charge in [0.2, 0.25) is 0 Å². The van der Waals surface area contributed by atoms with Crippen molar-refractivity contribution in [1.82, 2.24) is 0 Å². The molecule has 3 unspecified atom stereocenters. The first-order valence-electron chi connectivity index (χ1n) is 4.59. The molecule has 3 atom stereocenters. The molecule has 0 amide bonds. The number of benzene rings is 1. The summed E-state index contributed by atoms with van der Waals surface area (Å²) in [4.78, 5) is 11.2. The molecule has 0 radical (unpaired) electrons. The van der Waals surface area contributed by atoms with Crippen LogP contribution in [0.2, 0.25) is 0 Å². The van der Waals surface area contributed by atoms with E-state index in [1.807, 2.05) is 18.2 Å². The van der Waals surface area contributed by atoms with E-state index in [0.717, 1.165) is 0 Å². The molecule has 0 bridgehead atoms. The van der Waals surface area contributed by atoms with Gasteiger partial charge in [-0.2, -0.15) is 0 Å². The second-order valence-corrected chi connectivity index (χ2v) is 3.76. The zero-order valence-corrected chi connectivity index (χ0v) is 7.14. The Labute approximate surface area is 76.5 Å². The van der Waals surface area contributed by atoms with Crippen molar-refractivity contribution in [3.05, 3.63) is 35.9 Å². The lowest BCUT2D eigenvalue weighted by Crippen LogP contribution is -2.03. The molecular formula is C11H10O2. The molecule has 1 aromatic carbocycles. The van der Waals surface area contributed by atoms with Crippen molar-refractivity contribution < 1.29 is 9.53 Å². The first-order valence-corrected chi connectivity index (χ1v) is 4.59. The third kappa shape index (κ3) is 0.916. The summed E-state index contributed by atoms with van der Waals surface area (Å²) in [6, 6.07) is 10.2. The minimum absolute atomic E-state index is 0.00106. The maximum absolute atomic E-state index is 11.2. The van der Waals surface area contributed by atoms with Crippen molar-refractivity contribution in [3.63, 3.8) is 0 Å². The molecular weight excluding hydrogens is 164 g/mol. The molecule has 1 aliphatic heterocycles. The smallest absolute Gasteiger partial charge is 0.310 e. The average molecular weight is 174 g/mol. The van der Waals surface area contributed by atoms with Crippen molar-refractivity contribution in [3.8, 4) is 0 Å². The fourth-order valence-electron chi connectivity index (χ4n) is 2.31. The van der Waals surface area contributed by atoms with E-state index >= 15 is 0 Å². The summed E-state index contributed by atoms with van der Waals surface area (Å²) in [5.41, 5.74) is 1.29. The molecule has 1 saturated heterocycles. The van der Waals surface area contributed by atoms with E-state index in [2.05, 4.69) is 12.1 Å². The normalized spacial score (nSPS) is 35.4. The number of carbonyl (C=O) groups is 1. The summed E-state index contributed by atoms with van der Waals surface area (Å²) in [6.07, 6.45) is 0. The molecule has 2 nitrogen and oxygen atoms in total. The largest absolute Gasteiger partial charge is 0.465 e. The van der Waals surface area contributed by atoms with E-state index < -0.39 is 0 Å². The number of fused-ring (bicyclic) bond motifs is 1. The van der Waals surface area contributed by atoms with Crippen molar-refractivity contribution in [2.45, 2.75) is 5.92 Å². The first-order chi connectivity index (χ1) is 6.38. The van der Waals surface area contributed by atoms with Crippen molar-refractivity contribution in [2.75, 3.05) is 6.61 Å². The molecule has 1 aromatic rings. The Balaban J connectivity index is 1.88. The number of rotatable bonds is 1. The van der Waals surface area contributed by atoms with Gasteiger partial charge in [-0.1, -0.05) is 30.3 Å². The summed E-state index contributed by atoms with van der Waals surface area (Å²) in [5.74, 6) is 1.08. The fourth-order valence-corrected chi connectivity index (χ4v) is 2.31. The SMILES string of the molecule is O=C1OCC2C1C2c1ccccc1. The predicted octanol–water partition coefficient (Wildman–Crippen LogP) is 1.57. The van der Waals surface area contributed by atoms with Crippen LogP contribution >= 0.6 is 0 Å². The summed E-state index contributed by atoms with van der Waals surface area (Å²) >= 11 is 0. The van der Waals surface area contributed by atoms with Crippen molar-refractivity contribution in [1.29, 1.82) is 0 Å². The highest BCUT2D eigenvalue weighted by Crippen LogP contribution is 2.57. The van der Waals surface area contributed by atoms with Gasteiger partial charge in [0.1, 0.15) is 0 Å². The molecule has 1 heterocycles. The maximum atomic E-state index is 11.2. The van der Waals surface area contributed by atoms with Gasteiger partial charge < -0.3 is 4.74 Å². The predicted molar refractivity (Wildman–Crippen MR) is 47.1 cm³/mol. The lowest BCUT2D eigenvalue weighted by molar-refractivity contribution is -0.141. The zero-order chi connectivity index (χ0) is 8.84. The van der Waals surface area contributed by atoms with Crippen molar-refractivity contribution in [2.24, 2.45) is 11.8 Å². The van der Waals surface area contributed by atoms with Crippen LogP contribution in [0.5, 0.6) is 0 Å². The molecule has 2 fully saturated rings. The summed E-state index contributed by atoms with van der Waals surface area (Å²) in [6.45, 7) is 0.628. The van der Waals surface area contributed by atoms with Gasteiger partial charge in [-0.3, -0.25) is 4.79 Å². The van der Waals surface area contributed by atoms with E-state index in [1.165, 1.54) is 5.56 Å². The second-order valence-electron chi connectivity index (χ2n) is 3.76. The molecule has 13 heavy (non-hydrogen) atoms. The molecule has 2 aliphatic rings. The second kappa shape index (κ2) is 2.34. The van der Waals surface area contributed by atoms with Gasteiger partial charge in [-0.25, -0.2) is 0 Å². The zero-order valence-electron chi connectivity index (χ0n) is 7.14. The summed E-state index contributed by atoms with van der Waals surface area (Å²) in [7, 11) is 0. The van der Waals surface area contributed by atoms with Gasteiger partial charge in [0.05, 0.1) is 12.5 Å². The number of esters is 1. The first kappa shape index (κ1) is 7.13. The van der Waals surface area contributed by atoms with E-state index in [-0.39, 0.29) is 11.9 Å². The molecule has 0 spiro atoms. The molecule has 1 saturated carbocycles. The Morgan fingerprint density at radius 3 is 2.54 bits per heavy atom. The number of ether oxygens (including phenoxy) is 1. The third-order valence-corrected chi connectivity index (χ3v) is 3.04. The highest BCUT2D eigenvalue weighted by molar-refractivity contribution is 5.80. The summed E-state index contributed by atoms with van der Waals surface area (Å²) < 4.78 is 4.93. The Bertz CT molecular complexity index is 344. The van der Waals surface area contributed by atoms with Gasteiger partial charge >= 0.3 is 5.97 Å². The minimum atomic E-state index is -0.00106. The maximum Gasteiger partial charge on any atom is 0.310 e. The van der Waals surface area contributed by atoms with Crippen LogP contribution in [0.4, 0.5) is 0 Å². The molecule has 0 N–H and O–H groups in total. The van der Waals surface area contributed by atoms with Crippen LogP contribution in [0.15, 0.2) is 30.3 Å². The third-order valence-electron chi connectivity index (χ3n) is 3.04. The van der Waals surface area contributed by atoms with E-state index in [0.29, 0.717) is 18.4 Å². The van der Waals surface area contributed by atoms with Crippen molar-refractivity contribution >= 4 is 5.97 Å². The Kier molecular flexibility index (Phi) is 1.29. The van der Waals surface area contributed by atoms with E-state index in [1.54, 1.807) is 0 Å².